The highest BCUT2D eigenvalue weighted by atomic mass is 35.7. The number of carbonyl (C=O) groups excluding carboxylic acids is 1. The van der Waals surface area contributed by atoms with Crippen molar-refractivity contribution in [2.45, 2.75) is 18.4 Å². The standard InChI is InChI=1S/C15H13ClO5S/c1-11(17)21-14-7-13(8-15(9-14)22(16,18)19)20-10-12-5-3-2-4-6-12/h2-9H,10H2,1H3. The predicted molar refractivity (Wildman–Crippen MR) is 81.6 cm³/mol. The van der Waals surface area contributed by atoms with Crippen LogP contribution in [0, 0.1) is 0 Å². The Morgan fingerprint density at radius 2 is 1.73 bits per heavy atom. The first-order valence-electron chi connectivity index (χ1n) is 6.29. The quantitative estimate of drug-likeness (QED) is 0.475. The van der Waals surface area contributed by atoms with Crippen LogP contribution in [-0.2, 0) is 20.5 Å². The number of hydrogen-bond acceptors (Lipinski definition) is 5. The summed E-state index contributed by atoms with van der Waals surface area (Å²) in [7, 11) is 1.37. The van der Waals surface area contributed by atoms with Crippen LogP contribution in [-0.4, -0.2) is 14.4 Å². The minimum Gasteiger partial charge on any atom is -0.489 e. The van der Waals surface area contributed by atoms with Crippen molar-refractivity contribution in [1.29, 1.82) is 0 Å². The molecule has 0 bridgehead atoms. The van der Waals surface area contributed by atoms with Gasteiger partial charge in [-0.3, -0.25) is 4.79 Å². The zero-order valence-electron chi connectivity index (χ0n) is 11.7. The summed E-state index contributed by atoms with van der Waals surface area (Å²) in [6.07, 6.45) is 0. The van der Waals surface area contributed by atoms with Crippen LogP contribution in [0.15, 0.2) is 53.4 Å². The molecule has 5 nitrogen and oxygen atoms in total. The Kier molecular flexibility index (Phi) is 5.05. The van der Waals surface area contributed by atoms with Crippen LogP contribution in [0.5, 0.6) is 11.5 Å². The molecule has 116 valence electrons. The monoisotopic (exact) mass is 340 g/mol. The highest BCUT2D eigenvalue weighted by Gasteiger charge is 2.15. The number of benzene rings is 2. The Morgan fingerprint density at radius 3 is 2.32 bits per heavy atom. The third kappa shape index (κ3) is 4.75. The lowest BCUT2D eigenvalue weighted by Gasteiger charge is -2.10. The van der Waals surface area contributed by atoms with E-state index in [0.717, 1.165) is 5.56 Å². The molecule has 0 atom stereocenters. The molecule has 0 saturated heterocycles. The molecular formula is C15H13ClO5S. The first kappa shape index (κ1) is 16.3. The van der Waals surface area contributed by atoms with Gasteiger partial charge < -0.3 is 9.47 Å². The van der Waals surface area contributed by atoms with E-state index in [0.29, 0.717) is 0 Å². The van der Waals surface area contributed by atoms with E-state index in [9.17, 15) is 13.2 Å². The summed E-state index contributed by atoms with van der Waals surface area (Å²) in [4.78, 5) is 10.8. The van der Waals surface area contributed by atoms with Crippen molar-refractivity contribution in [3.63, 3.8) is 0 Å². The molecule has 0 aromatic heterocycles. The zero-order valence-corrected chi connectivity index (χ0v) is 13.2. The van der Waals surface area contributed by atoms with Gasteiger partial charge in [0.15, 0.2) is 0 Å². The van der Waals surface area contributed by atoms with Gasteiger partial charge >= 0.3 is 5.97 Å². The lowest BCUT2D eigenvalue weighted by atomic mass is 10.2. The van der Waals surface area contributed by atoms with E-state index in [2.05, 4.69) is 0 Å². The summed E-state index contributed by atoms with van der Waals surface area (Å²) < 4.78 is 33.4. The molecule has 0 spiro atoms. The van der Waals surface area contributed by atoms with Crippen LogP contribution in [0.1, 0.15) is 12.5 Å². The van der Waals surface area contributed by atoms with E-state index in [4.69, 9.17) is 20.2 Å². The van der Waals surface area contributed by atoms with Crippen LogP contribution in [0.2, 0.25) is 0 Å². The number of rotatable bonds is 5. The summed E-state index contributed by atoms with van der Waals surface area (Å²) in [5.41, 5.74) is 0.913. The SMILES string of the molecule is CC(=O)Oc1cc(OCc2ccccc2)cc(S(=O)(=O)Cl)c1. The summed E-state index contributed by atoms with van der Waals surface area (Å²) in [5, 5.41) is 0. The van der Waals surface area contributed by atoms with Crippen molar-refractivity contribution in [2.24, 2.45) is 0 Å². The smallest absolute Gasteiger partial charge is 0.308 e. The molecule has 0 amide bonds. The van der Waals surface area contributed by atoms with Crippen molar-refractivity contribution in [1.82, 2.24) is 0 Å². The van der Waals surface area contributed by atoms with E-state index in [1.54, 1.807) is 0 Å². The Balaban J connectivity index is 2.27. The van der Waals surface area contributed by atoms with Crippen LogP contribution in [0.25, 0.3) is 0 Å². The summed E-state index contributed by atoms with van der Waals surface area (Å²) >= 11 is 0. The van der Waals surface area contributed by atoms with Crippen molar-refractivity contribution in [3.8, 4) is 11.5 Å². The Labute approximate surface area is 132 Å². The molecule has 2 aromatic rings. The highest BCUT2D eigenvalue weighted by molar-refractivity contribution is 8.13. The number of hydrogen-bond donors (Lipinski definition) is 0. The van der Waals surface area contributed by atoms with Crippen molar-refractivity contribution >= 4 is 25.7 Å². The molecule has 7 heteroatoms. The maximum absolute atomic E-state index is 11.5. The molecule has 2 aromatic carbocycles. The van der Waals surface area contributed by atoms with Gasteiger partial charge in [0.2, 0.25) is 0 Å². The fraction of sp³-hybridized carbons (Fsp3) is 0.133. The second-order valence-corrected chi connectivity index (χ2v) is 7.01. The van der Waals surface area contributed by atoms with Crippen molar-refractivity contribution in [2.75, 3.05) is 0 Å². The van der Waals surface area contributed by atoms with E-state index in [1.165, 1.54) is 25.1 Å². The van der Waals surface area contributed by atoms with Gasteiger partial charge in [-0.15, -0.1) is 0 Å². The molecule has 0 aliphatic rings. The minimum absolute atomic E-state index is 0.0530. The fourth-order valence-corrected chi connectivity index (χ4v) is 2.52. The van der Waals surface area contributed by atoms with Crippen LogP contribution in [0.4, 0.5) is 0 Å². The normalized spacial score (nSPS) is 11.0. The van der Waals surface area contributed by atoms with Gasteiger partial charge in [-0.2, -0.15) is 0 Å². The fourth-order valence-electron chi connectivity index (χ4n) is 1.74. The lowest BCUT2D eigenvalue weighted by molar-refractivity contribution is -0.131. The Morgan fingerprint density at radius 1 is 1.09 bits per heavy atom. The van der Waals surface area contributed by atoms with Gasteiger partial charge in [-0.1, -0.05) is 30.3 Å². The predicted octanol–water partition coefficient (Wildman–Crippen LogP) is 3.12. The second kappa shape index (κ2) is 6.81. The molecular weight excluding hydrogens is 328 g/mol. The van der Waals surface area contributed by atoms with E-state index >= 15 is 0 Å². The summed E-state index contributed by atoms with van der Waals surface area (Å²) in [6, 6.07) is 13.2. The highest BCUT2D eigenvalue weighted by Crippen LogP contribution is 2.28. The molecule has 0 heterocycles. The van der Waals surface area contributed by atoms with Crippen LogP contribution < -0.4 is 9.47 Å². The Bertz CT molecular complexity index is 772. The van der Waals surface area contributed by atoms with Gasteiger partial charge in [0.25, 0.3) is 9.05 Å². The van der Waals surface area contributed by atoms with Gasteiger partial charge in [0.05, 0.1) is 4.90 Å². The summed E-state index contributed by atoms with van der Waals surface area (Å²) in [6.45, 7) is 1.46. The number of esters is 1. The maximum Gasteiger partial charge on any atom is 0.308 e. The molecule has 0 aliphatic heterocycles. The van der Waals surface area contributed by atoms with Crippen molar-refractivity contribution in [3.05, 3.63) is 54.1 Å². The zero-order chi connectivity index (χ0) is 16.2. The van der Waals surface area contributed by atoms with Gasteiger partial charge in [-0.05, 0) is 5.56 Å². The van der Waals surface area contributed by atoms with Gasteiger partial charge in [0, 0.05) is 35.8 Å². The minimum atomic E-state index is -3.97. The lowest BCUT2D eigenvalue weighted by Crippen LogP contribution is -2.03. The van der Waals surface area contributed by atoms with E-state index < -0.39 is 15.0 Å². The maximum atomic E-state index is 11.5. The average Bonchev–Trinajstić information content (AvgIpc) is 2.44. The molecule has 0 unspecified atom stereocenters. The Hall–Kier alpha value is -2.05. The molecule has 0 saturated carbocycles. The summed E-state index contributed by atoms with van der Waals surface area (Å²) in [5.74, 6) is -0.280. The first-order valence-corrected chi connectivity index (χ1v) is 8.60. The largest absolute Gasteiger partial charge is 0.489 e. The average molecular weight is 341 g/mol. The van der Waals surface area contributed by atoms with Crippen LogP contribution >= 0.6 is 10.7 Å². The second-order valence-electron chi connectivity index (χ2n) is 4.45. The van der Waals surface area contributed by atoms with E-state index in [-0.39, 0.29) is 23.0 Å². The molecule has 22 heavy (non-hydrogen) atoms. The number of ether oxygens (including phenoxy) is 2. The third-order valence-corrected chi connectivity index (χ3v) is 3.98. The molecule has 0 aliphatic carbocycles. The van der Waals surface area contributed by atoms with E-state index in [1.807, 2.05) is 30.3 Å². The van der Waals surface area contributed by atoms with Gasteiger partial charge in [0.1, 0.15) is 18.1 Å². The first-order chi connectivity index (χ1) is 10.3. The molecule has 0 radical (unpaired) electrons. The number of carbonyl (C=O) groups is 1. The number of halogens is 1. The molecule has 0 N–H and O–H groups in total. The molecule has 2 rings (SSSR count). The topological polar surface area (TPSA) is 69.7 Å². The van der Waals surface area contributed by atoms with Gasteiger partial charge in [-0.25, -0.2) is 8.42 Å². The van der Waals surface area contributed by atoms with Crippen molar-refractivity contribution < 1.29 is 22.7 Å². The van der Waals surface area contributed by atoms with Crippen LogP contribution in [0.3, 0.4) is 0 Å². The third-order valence-electron chi connectivity index (χ3n) is 2.64. The molecule has 0 fully saturated rings.